The van der Waals surface area contributed by atoms with Crippen LogP contribution in [0.5, 0.6) is 0 Å². The maximum atomic E-state index is 13.1. The Labute approximate surface area is 117 Å². The van der Waals surface area contributed by atoms with Gasteiger partial charge in [-0.1, -0.05) is 0 Å². The summed E-state index contributed by atoms with van der Waals surface area (Å²) >= 11 is 0. The normalized spacial score (nSPS) is 16.7. The number of rotatable bonds is 4. The van der Waals surface area contributed by atoms with E-state index in [9.17, 15) is 4.39 Å². The van der Waals surface area contributed by atoms with E-state index in [-0.39, 0.29) is 5.82 Å². The third-order valence-corrected chi connectivity index (χ3v) is 3.59. The zero-order valence-corrected chi connectivity index (χ0v) is 11.6. The lowest BCUT2D eigenvalue weighted by Crippen LogP contribution is -2.46. The fourth-order valence-corrected chi connectivity index (χ4v) is 2.33. The Morgan fingerprint density at radius 3 is 2.95 bits per heavy atom. The first-order valence-corrected chi connectivity index (χ1v) is 6.88. The number of nitrogens with one attached hydrogen (secondary N) is 1. The second kappa shape index (κ2) is 5.72. The molecule has 7 heteroatoms. The molecule has 3 heterocycles. The third kappa shape index (κ3) is 2.88. The van der Waals surface area contributed by atoms with Crippen LogP contribution in [-0.2, 0) is 0 Å². The molecule has 1 saturated heterocycles. The van der Waals surface area contributed by atoms with Gasteiger partial charge in [0.1, 0.15) is 5.82 Å². The topological polar surface area (TPSA) is 48.7 Å². The number of fused-ring (bicyclic) bond motifs is 1. The van der Waals surface area contributed by atoms with Crippen molar-refractivity contribution >= 4 is 11.6 Å². The molecule has 1 N–H and O–H groups in total. The van der Waals surface area contributed by atoms with Gasteiger partial charge in [0.2, 0.25) is 5.95 Å². The molecule has 0 radical (unpaired) electrons. The van der Waals surface area contributed by atoms with E-state index in [1.807, 2.05) is 11.9 Å². The van der Waals surface area contributed by atoms with Crippen LogP contribution in [0.1, 0.15) is 0 Å². The number of halogens is 1. The number of piperazine rings is 1. The van der Waals surface area contributed by atoms with Crippen LogP contribution in [0.15, 0.2) is 18.3 Å². The molecule has 6 nitrogen and oxygen atoms in total. The lowest BCUT2D eigenvalue weighted by Gasteiger charge is -2.28. The molecule has 20 heavy (non-hydrogen) atoms. The number of aromatic nitrogens is 3. The largest absolute Gasteiger partial charge is 0.341 e. The molecule has 0 bridgehead atoms. The second-order valence-electron chi connectivity index (χ2n) is 5.08. The van der Waals surface area contributed by atoms with Gasteiger partial charge < -0.3 is 10.2 Å². The predicted octanol–water partition coefficient (Wildman–Crippen LogP) is 0.210. The van der Waals surface area contributed by atoms with Crippen molar-refractivity contribution in [1.82, 2.24) is 24.8 Å². The standard InChI is InChI=1S/C13H19FN6/c1-18(8-9-19-6-4-15-5-7-19)13-16-12-3-2-11(14)10-20(12)17-13/h2-3,10,15H,4-9H2,1H3. The van der Waals surface area contributed by atoms with Gasteiger partial charge in [-0.3, -0.25) is 4.90 Å². The Morgan fingerprint density at radius 1 is 1.35 bits per heavy atom. The van der Waals surface area contributed by atoms with Crippen LogP contribution in [0, 0.1) is 5.82 Å². The van der Waals surface area contributed by atoms with Crippen LogP contribution in [-0.4, -0.2) is 65.8 Å². The van der Waals surface area contributed by atoms with Crippen LogP contribution in [0.3, 0.4) is 0 Å². The molecule has 2 aromatic rings. The molecule has 0 spiro atoms. The maximum Gasteiger partial charge on any atom is 0.245 e. The van der Waals surface area contributed by atoms with E-state index in [0.29, 0.717) is 11.6 Å². The van der Waals surface area contributed by atoms with Gasteiger partial charge in [-0.25, -0.2) is 8.91 Å². The highest BCUT2D eigenvalue weighted by Gasteiger charge is 2.13. The van der Waals surface area contributed by atoms with Crippen molar-refractivity contribution in [3.63, 3.8) is 0 Å². The molecule has 108 valence electrons. The summed E-state index contributed by atoms with van der Waals surface area (Å²) in [5.41, 5.74) is 0.662. The Morgan fingerprint density at radius 2 is 2.15 bits per heavy atom. The minimum absolute atomic E-state index is 0.308. The smallest absolute Gasteiger partial charge is 0.245 e. The number of hydrogen-bond acceptors (Lipinski definition) is 5. The van der Waals surface area contributed by atoms with Crippen molar-refractivity contribution in [2.45, 2.75) is 0 Å². The average Bonchev–Trinajstić information content (AvgIpc) is 2.89. The van der Waals surface area contributed by atoms with E-state index in [1.165, 1.54) is 16.8 Å². The van der Waals surface area contributed by atoms with Gasteiger partial charge in [0.05, 0.1) is 6.20 Å². The zero-order chi connectivity index (χ0) is 13.9. The van der Waals surface area contributed by atoms with Gasteiger partial charge in [0.25, 0.3) is 0 Å². The molecule has 1 aliphatic rings. The SMILES string of the molecule is CN(CCN1CCNCC1)c1nc2ccc(F)cn2n1. The Bertz CT molecular complexity index is 577. The van der Waals surface area contributed by atoms with Crippen molar-refractivity contribution in [3.8, 4) is 0 Å². The summed E-state index contributed by atoms with van der Waals surface area (Å²) < 4.78 is 14.6. The number of pyridine rings is 1. The van der Waals surface area contributed by atoms with E-state index in [1.54, 1.807) is 6.07 Å². The lowest BCUT2D eigenvalue weighted by molar-refractivity contribution is 0.246. The van der Waals surface area contributed by atoms with Crippen LogP contribution < -0.4 is 10.2 Å². The molecular weight excluding hydrogens is 259 g/mol. The van der Waals surface area contributed by atoms with Gasteiger partial charge in [0.15, 0.2) is 5.65 Å². The summed E-state index contributed by atoms with van der Waals surface area (Å²) in [7, 11) is 1.97. The van der Waals surface area contributed by atoms with E-state index in [4.69, 9.17) is 0 Å². The molecule has 0 unspecified atom stereocenters. The van der Waals surface area contributed by atoms with Gasteiger partial charge in [-0.05, 0) is 12.1 Å². The first-order valence-electron chi connectivity index (χ1n) is 6.88. The van der Waals surface area contributed by atoms with Crippen molar-refractivity contribution < 1.29 is 4.39 Å². The van der Waals surface area contributed by atoms with Gasteiger partial charge >= 0.3 is 0 Å². The molecule has 0 aliphatic carbocycles. The number of hydrogen-bond donors (Lipinski definition) is 1. The minimum atomic E-state index is -0.308. The summed E-state index contributed by atoms with van der Waals surface area (Å²) in [6.45, 7) is 6.11. The van der Waals surface area contributed by atoms with Crippen LogP contribution in [0.25, 0.3) is 5.65 Å². The highest BCUT2D eigenvalue weighted by molar-refractivity contribution is 5.44. The highest BCUT2D eigenvalue weighted by atomic mass is 19.1. The number of likely N-dealkylation sites (N-methyl/N-ethyl adjacent to an activating group) is 1. The van der Waals surface area contributed by atoms with Crippen LogP contribution in [0.4, 0.5) is 10.3 Å². The maximum absolute atomic E-state index is 13.1. The van der Waals surface area contributed by atoms with Gasteiger partial charge in [0, 0.05) is 46.3 Å². The zero-order valence-electron chi connectivity index (χ0n) is 11.6. The monoisotopic (exact) mass is 278 g/mol. The lowest BCUT2D eigenvalue weighted by atomic mass is 10.3. The Hall–Kier alpha value is -1.73. The average molecular weight is 278 g/mol. The molecule has 1 fully saturated rings. The minimum Gasteiger partial charge on any atom is -0.341 e. The molecule has 3 rings (SSSR count). The summed E-state index contributed by atoms with van der Waals surface area (Å²) in [5, 5.41) is 7.64. The summed E-state index contributed by atoms with van der Waals surface area (Å²) in [6.07, 6.45) is 1.34. The Kier molecular flexibility index (Phi) is 3.79. The molecule has 0 aromatic carbocycles. The predicted molar refractivity (Wildman–Crippen MR) is 75.5 cm³/mol. The Balaban J connectivity index is 1.64. The third-order valence-electron chi connectivity index (χ3n) is 3.59. The molecule has 0 amide bonds. The molecule has 0 atom stereocenters. The van der Waals surface area contributed by atoms with Crippen LogP contribution in [0.2, 0.25) is 0 Å². The van der Waals surface area contributed by atoms with E-state index in [2.05, 4.69) is 20.3 Å². The highest BCUT2D eigenvalue weighted by Crippen LogP contribution is 2.10. The summed E-state index contributed by atoms with van der Waals surface area (Å²) in [5.74, 6) is 0.322. The fourth-order valence-electron chi connectivity index (χ4n) is 2.33. The quantitative estimate of drug-likeness (QED) is 0.866. The van der Waals surface area contributed by atoms with E-state index < -0.39 is 0 Å². The molecular formula is C13H19FN6. The van der Waals surface area contributed by atoms with Crippen molar-refractivity contribution in [2.75, 3.05) is 51.2 Å². The van der Waals surface area contributed by atoms with Gasteiger partial charge in [-0.15, -0.1) is 5.10 Å². The molecule has 0 saturated carbocycles. The second-order valence-corrected chi connectivity index (χ2v) is 5.08. The van der Waals surface area contributed by atoms with Crippen molar-refractivity contribution in [3.05, 3.63) is 24.1 Å². The first kappa shape index (κ1) is 13.3. The van der Waals surface area contributed by atoms with E-state index in [0.717, 1.165) is 39.3 Å². The van der Waals surface area contributed by atoms with Gasteiger partial charge in [-0.2, -0.15) is 4.98 Å². The molecule has 2 aromatic heterocycles. The van der Waals surface area contributed by atoms with Crippen molar-refractivity contribution in [1.29, 1.82) is 0 Å². The fraction of sp³-hybridized carbons (Fsp3) is 0.538. The van der Waals surface area contributed by atoms with Crippen molar-refractivity contribution in [2.24, 2.45) is 0 Å². The first-order chi connectivity index (χ1) is 9.72. The molecule has 1 aliphatic heterocycles. The summed E-state index contributed by atoms with van der Waals surface area (Å²) in [4.78, 5) is 8.82. The number of anilines is 1. The van der Waals surface area contributed by atoms with Crippen LogP contribution >= 0.6 is 0 Å². The summed E-state index contributed by atoms with van der Waals surface area (Å²) in [6, 6.07) is 3.03. The van der Waals surface area contributed by atoms with E-state index >= 15 is 0 Å². The number of nitrogens with zero attached hydrogens (tertiary/aromatic N) is 5.